The first-order chi connectivity index (χ1) is 20.2. The first-order valence-corrected chi connectivity index (χ1v) is 13.4. The first-order valence-electron chi connectivity index (χ1n) is 13.4. The predicted octanol–water partition coefficient (Wildman–Crippen LogP) is 6.89. The lowest BCUT2D eigenvalue weighted by Gasteiger charge is -2.20. The second-order valence-electron chi connectivity index (χ2n) is 10.0. The highest BCUT2D eigenvalue weighted by Crippen LogP contribution is 2.37. The second kappa shape index (κ2) is 12.7. The summed E-state index contributed by atoms with van der Waals surface area (Å²) in [5.41, 5.74) is 7.08. The molecular formula is C34H36N2O6. The van der Waals surface area contributed by atoms with Crippen molar-refractivity contribution in [3.05, 3.63) is 95.3 Å². The van der Waals surface area contributed by atoms with Gasteiger partial charge in [0.15, 0.2) is 0 Å². The number of aromatic nitrogens is 2. The molecule has 0 N–H and O–H groups in total. The molecule has 8 nitrogen and oxygen atoms in total. The van der Waals surface area contributed by atoms with E-state index < -0.39 is 11.9 Å². The summed E-state index contributed by atoms with van der Waals surface area (Å²) in [5, 5.41) is 0. The SMILES string of the molecule is COC(=O)C(=C(C)C)c1ccc(-c2ccc(C(C(=O)OC)=C(C)C)n2-c2ccc(OC)cc2)n1-c1ccc(OC)cc1. The van der Waals surface area contributed by atoms with Gasteiger partial charge >= 0.3 is 11.9 Å². The fraction of sp³-hybridized carbons (Fsp3) is 0.235. The van der Waals surface area contributed by atoms with Gasteiger partial charge in [-0.1, -0.05) is 11.1 Å². The molecule has 4 aromatic rings. The smallest absolute Gasteiger partial charge is 0.339 e. The molecule has 0 spiro atoms. The highest BCUT2D eigenvalue weighted by molar-refractivity contribution is 6.18. The normalized spacial score (nSPS) is 10.6. The van der Waals surface area contributed by atoms with E-state index in [-0.39, 0.29) is 0 Å². The van der Waals surface area contributed by atoms with Crippen molar-refractivity contribution in [1.82, 2.24) is 9.13 Å². The Kier molecular flexibility index (Phi) is 9.06. The number of methoxy groups -OCH3 is 4. The number of ether oxygens (including phenoxy) is 4. The largest absolute Gasteiger partial charge is 0.497 e. The minimum atomic E-state index is -0.432. The Labute approximate surface area is 246 Å². The van der Waals surface area contributed by atoms with Crippen molar-refractivity contribution in [2.45, 2.75) is 27.7 Å². The molecular weight excluding hydrogens is 532 g/mol. The van der Waals surface area contributed by atoms with Gasteiger partial charge in [-0.3, -0.25) is 0 Å². The van der Waals surface area contributed by atoms with E-state index in [0.29, 0.717) is 34.0 Å². The number of rotatable bonds is 9. The Morgan fingerprint density at radius 1 is 0.500 bits per heavy atom. The molecule has 8 heteroatoms. The van der Waals surface area contributed by atoms with Crippen LogP contribution in [0, 0.1) is 0 Å². The zero-order valence-corrected chi connectivity index (χ0v) is 25.3. The van der Waals surface area contributed by atoms with Gasteiger partial charge < -0.3 is 28.1 Å². The van der Waals surface area contributed by atoms with E-state index in [1.54, 1.807) is 14.2 Å². The lowest BCUT2D eigenvalue weighted by Crippen LogP contribution is -2.13. The minimum absolute atomic E-state index is 0.432. The Hall–Kier alpha value is -4.98. The third-order valence-corrected chi connectivity index (χ3v) is 6.98. The van der Waals surface area contributed by atoms with E-state index >= 15 is 0 Å². The molecule has 0 aliphatic heterocycles. The van der Waals surface area contributed by atoms with Crippen LogP contribution in [0.25, 0.3) is 33.9 Å². The molecule has 218 valence electrons. The van der Waals surface area contributed by atoms with Crippen LogP contribution in [-0.4, -0.2) is 49.5 Å². The lowest BCUT2D eigenvalue weighted by atomic mass is 10.1. The van der Waals surface area contributed by atoms with Crippen LogP contribution >= 0.6 is 0 Å². The van der Waals surface area contributed by atoms with Crippen molar-refractivity contribution in [2.75, 3.05) is 28.4 Å². The fourth-order valence-electron chi connectivity index (χ4n) is 5.02. The average molecular weight is 569 g/mol. The van der Waals surface area contributed by atoms with Crippen LogP contribution in [-0.2, 0) is 19.1 Å². The van der Waals surface area contributed by atoms with Gasteiger partial charge in [0.2, 0.25) is 0 Å². The number of allylic oxidation sites excluding steroid dienone is 2. The van der Waals surface area contributed by atoms with Crippen LogP contribution in [0.3, 0.4) is 0 Å². The van der Waals surface area contributed by atoms with Crippen LogP contribution in [0.4, 0.5) is 0 Å². The molecule has 0 atom stereocenters. The molecule has 0 aliphatic carbocycles. The molecule has 2 aromatic heterocycles. The zero-order chi connectivity index (χ0) is 30.6. The van der Waals surface area contributed by atoms with Crippen molar-refractivity contribution in [2.24, 2.45) is 0 Å². The van der Waals surface area contributed by atoms with Gasteiger partial charge in [-0.25, -0.2) is 9.59 Å². The van der Waals surface area contributed by atoms with Crippen LogP contribution in [0.1, 0.15) is 39.1 Å². The number of benzene rings is 2. The maximum absolute atomic E-state index is 13.0. The van der Waals surface area contributed by atoms with Crippen molar-refractivity contribution in [3.8, 4) is 34.3 Å². The quantitative estimate of drug-likeness (QED) is 0.162. The predicted molar refractivity (Wildman–Crippen MR) is 164 cm³/mol. The van der Waals surface area contributed by atoms with Crippen molar-refractivity contribution in [3.63, 3.8) is 0 Å². The van der Waals surface area contributed by atoms with Crippen molar-refractivity contribution < 1.29 is 28.5 Å². The Morgan fingerprint density at radius 3 is 1.10 bits per heavy atom. The van der Waals surface area contributed by atoms with Gasteiger partial charge in [0.25, 0.3) is 0 Å². The maximum Gasteiger partial charge on any atom is 0.339 e. The van der Waals surface area contributed by atoms with Crippen molar-refractivity contribution >= 4 is 23.1 Å². The topological polar surface area (TPSA) is 80.9 Å². The minimum Gasteiger partial charge on any atom is -0.497 e. The zero-order valence-electron chi connectivity index (χ0n) is 25.3. The summed E-state index contributed by atoms with van der Waals surface area (Å²) >= 11 is 0. The third-order valence-electron chi connectivity index (χ3n) is 6.98. The number of carbonyl (C=O) groups excluding carboxylic acids is 2. The van der Waals surface area contributed by atoms with Gasteiger partial charge in [0.05, 0.1) is 62.4 Å². The second-order valence-corrected chi connectivity index (χ2v) is 10.0. The molecule has 0 bridgehead atoms. The molecule has 0 amide bonds. The van der Waals surface area contributed by atoms with Crippen LogP contribution in [0.15, 0.2) is 83.9 Å². The van der Waals surface area contributed by atoms with Crippen LogP contribution in [0.5, 0.6) is 11.5 Å². The van der Waals surface area contributed by atoms with E-state index in [1.165, 1.54) is 14.2 Å². The monoisotopic (exact) mass is 568 g/mol. The summed E-state index contributed by atoms with van der Waals surface area (Å²) < 4.78 is 25.2. The Morgan fingerprint density at radius 2 is 0.833 bits per heavy atom. The van der Waals surface area contributed by atoms with E-state index in [0.717, 1.165) is 33.9 Å². The van der Waals surface area contributed by atoms with Gasteiger partial charge in [-0.2, -0.15) is 0 Å². The number of nitrogens with zero attached hydrogens (tertiary/aromatic N) is 2. The Balaban J connectivity index is 2.11. The van der Waals surface area contributed by atoms with Crippen molar-refractivity contribution in [1.29, 1.82) is 0 Å². The van der Waals surface area contributed by atoms with E-state index in [4.69, 9.17) is 18.9 Å². The number of hydrogen-bond donors (Lipinski definition) is 0. The summed E-state index contributed by atoms with van der Waals surface area (Å²) in [5.74, 6) is 0.551. The molecule has 0 saturated heterocycles. The summed E-state index contributed by atoms with van der Waals surface area (Å²) in [6, 6.07) is 23.0. The third kappa shape index (κ3) is 5.61. The fourth-order valence-corrected chi connectivity index (χ4v) is 5.02. The van der Waals surface area contributed by atoms with Gasteiger partial charge in [-0.15, -0.1) is 0 Å². The molecule has 4 rings (SSSR count). The maximum atomic E-state index is 13.0. The molecule has 42 heavy (non-hydrogen) atoms. The average Bonchev–Trinajstić information content (AvgIpc) is 3.61. The molecule has 0 unspecified atom stereocenters. The lowest BCUT2D eigenvalue weighted by molar-refractivity contribution is -0.134. The van der Waals surface area contributed by atoms with Gasteiger partial charge in [-0.05, 0) is 100 Å². The van der Waals surface area contributed by atoms with Crippen LogP contribution in [0.2, 0.25) is 0 Å². The number of carbonyl (C=O) groups is 2. The van der Waals surface area contributed by atoms with Crippen LogP contribution < -0.4 is 9.47 Å². The molecule has 2 heterocycles. The molecule has 0 saturated carbocycles. The summed E-state index contributed by atoms with van der Waals surface area (Å²) in [6.07, 6.45) is 0. The number of hydrogen-bond acceptors (Lipinski definition) is 6. The molecule has 2 aromatic carbocycles. The highest BCUT2D eigenvalue weighted by atomic mass is 16.5. The van der Waals surface area contributed by atoms with Gasteiger partial charge in [0.1, 0.15) is 11.5 Å². The van der Waals surface area contributed by atoms with E-state index in [9.17, 15) is 9.59 Å². The Bertz CT molecular complexity index is 1530. The number of esters is 2. The van der Waals surface area contributed by atoms with E-state index in [2.05, 4.69) is 0 Å². The molecule has 0 radical (unpaired) electrons. The highest BCUT2D eigenvalue weighted by Gasteiger charge is 2.26. The summed E-state index contributed by atoms with van der Waals surface area (Å²) in [7, 11) is 5.99. The summed E-state index contributed by atoms with van der Waals surface area (Å²) in [4.78, 5) is 26.0. The van der Waals surface area contributed by atoms with E-state index in [1.807, 2.05) is 110 Å². The van der Waals surface area contributed by atoms with Gasteiger partial charge in [0, 0.05) is 11.4 Å². The molecule has 0 fully saturated rings. The first kappa shape index (κ1) is 30.0. The standard InChI is InChI=1S/C34H36N2O6/c1-21(2)31(33(37)41-7)29-19-17-27(35(29)23-9-13-25(39-5)14-10-23)28-18-20-30(32(22(3)4)34(38)42-8)36(28)24-11-15-26(40-6)16-12-24/h9-20H,1-8H3. The molecule has 0 aliphatic rings. The summed E-state index contributed by atoms with van der Waals surface area (Å²) in [6.45, 7) is 7.53.